The number of carbonyl (C=O) groups is 1. The molecule has 2 aromatic rings. The largest absolute Gasteiger partial charge is 0.497 e. The van der Waals surface area contributed by atoms with Crippen molar-refractivity contribution >= 4 is 5.97 Å². The van der Waals surface area contributed by atoms with Crippen LogP contribution < -0.4 is 9.47 Å². The number of hydrogen-bond acceptors (Lipinski definition) is 4. The van der Waals surface area contributed by atoms with Crippen LogP contribution in [0.25, 0.3) is 0 Å². The smallest absolute Gasteiger partial charge is 0.339 e. The molecule has 2 rings (SSSR count). The van der Waals surface area contributed by atoms with Crippen molar-refractivity contribution in [1.29, 1.82) is 0 Å². The highest BCUT2D eigenvalue weighted by atomic mass is 16.5. The summed E-state index contributed by atoms with van der Waals surface area (Å²) in [5.74, 6) is 0.256. The summed E-state index contributed by atoms with van der Waals surface area (Å²) in [5, 5.41) is 9.01. The predicted octanol–water partition coefficient (Wildman–Crippen LogP) is 2.58. The lowest BCUT2D eigenvalue weighted by Crippen LogP contribution is -2.00. The number of hydrogen-bond donors (Lipinski definition) is 1. The zero-order valence-corrected chi connectivity index (χ0v) is 9.66. The molecule has 18 heavy (non-hydrogen) atoms. The van der Waals surface area contributed by atoms with Gasteiger partial charge in [0.2, 0.25) is 0 Å². The van der Waals surface area contributed by atoms with Gasteiger partial charge in [0.25, 0.3) is 0 Å². The molecular weight excluding hydrogens is 234 g/mol. The van der Waals surface area contributed by atoms with Gasteiger partial charge in [0.15, 0.2) is 5.75 Å². The van der Waals surface area contributed by atoms with Crippen LogP contribution in [0.5, 0.6) is 17.2 Å². The second kappa shape index (κ2) is 5.18. The Kier molecular flexibility index (Phi) is 3.43. The second-order valence-electron chi connectivity index (χ2n) is 3.46. The standard InChI is InChI=1S/C13H11NO4/c1-17-9-3-2-4-10(7-9)18-12-8-14-6-5-11(12)13(15)16/h2-8H,1H3,(H,15,16). The fourth-order valence-electron chi connectivity index (χ4n) is 1.43. The number of rotatable bonds is 4. The Hall–Kier alpha value is -2.56. The van der Waals surface area contributed by atoms with Crippen molar-refractivity contribution in [1.82, 2.24) is 4.98 Å². The molecule has 5 nitrogen and oxygen atoms in total. The zero-order chi connectivity index (χ0) is 13.0. The van der Waals surface area contributed by atoms with Gasteiger partial charge in [-0.2, -0.15) is 0 Å². The van der Waals surface area contributed by atoms with Crippen LogP contribution >= 0.6 is 0 Å². The molecule has 0 atom stereocenters. The van der Waals surface area contributed by atoms with Crippen LogP contribution in [0.15, 0.2) is 42.7 Å². The second-order valence-corrected chi connectivity index (χ2v) is 3.46. The lowest BCUT2D eigenvalue weighted by Gasteiger charge is -2.08. The van der Waals surface area contributed by atoms with Crippen molar-refractivity contribution in [3.63, 3.8) is 0 Å². The molecular formula is C13H11NO4. The third-order valence-corrected chi connectivity index (χ3v) is 2.28. The van der Waals surface area contributed by atoms with Gasteiger partial charge in [-0.1, -0.05) is 6.07 Å². The number of aromatic carboxylic acids is 1. The molecule has 0 spiro atoms. The van der Waals surface area contributed by atoms with Crippen LogP contribution in [0.3, 0.4) is 0 Å². The van der Waals surface area contributed by atoms with Gasteiger partial charge in [-0.05, 0) is 18.2 Å². The van der Waals surface area contributed by atoms with E-state index in [0.29, 0.717) is 11.5 Å². The van der Waals surface area contributed by atoms with Gasteiger partial charge >= 0.3 is 5.97 Å². The third kappa shape index (κ3) is 2.57. The van der Waals surface area contributed by atoms with Gasteiger partial charge < -0.3 is 14.6 Å². The number of ether oxygens (including phenoxy) is 2. The molecule has 92 valence electrons. The maximum atomic E-state index is 11.0. The van der Waals surface area contributed by atoms with E-state index in [1.807, 2.05) is 0 Å². The van der Waals surface area contributed by atoms with E-state index in [4.69, 9.17) is 14.6 Å². The van der Waals surface area contributed by atoms with Gasteiger partial charge in [0, 0.05) is 12.3 Å². The van der Waals surface area contributed by atoms with Gasteiger partial charge in [0.1, 0.15) is 17.1 Å². The molecule has 1 N–H and O–H groups in total. The monoisotopic (exact) mass is 245 g/mol. The maximum absolute atomic E-state index is 11.0. The molecule has 0 aliphatic heterocycles. The first-order valence-electron chi connectivity index (χ1n) is 5.20. The zero-order valence-electron chi connectivity index (χ0n) is 9.66. The fourth-order valence-corrected chi connectivity index (χ4v) is 1.43. The topological polar surface area (TPSA) is 68.7 Å². The Morgan fingerprint density at radius 2 is 2.06 bits per heavy atom. The molecule has 1 aromatic heterocycles. The number of carboxylic acids is 1. The van der Waals surface area contributed by atoms with Gasteiger partial charge in [-0.25, -0.2) is 4.79 Å². The molecule has 1 aromatic carbocycles. The number of pyridine rings is 1. The Labute approximate surface area is 104 Å². The summed E-state index contributed by atoms with van der Waals surface area (Å²) in [4.78, 5) is 14.8. The van der Waals surface area contributed by atoms with Crippen molar-refractivity contribution in [2.45, 2.75) is 0 Å². The molecule has 0 radical (unpaired) electrons. The number of methoxy groups -OCH3 is 1. The highest BCUT2D eigenvalue weighted by molar-refractivity contribution is 5.90. The fraction of sp³-hybridized carbons (Fsp3) is 0.0769. The molecule has 0 aliphatic rings. The van der Waals surface area contributed by atoms with Gasteiger partial charge in [-0.15, -0.1) is 0 Å². The molecule has 5 heteroatoms. The predicted molar refractivity (Wildman–Crippen MR) is 64.3 cm³/mol. The minimum atomic E-state index is -1.06. The lowest BCUT2D eigenvalue weighted by molar-refractivity contribution is 0.0694. The molecule has 0 fully saturated rings. The van der Waals surface area contributed by atoms with Crippen molar-refractivity contribution in [3.05, 3.63) is 48.3 Å². The molecule has 0 saturated heterocycles. The van der Waals surface area contributed by atoms with E-state index in [9.17, 15) is 4.79 Å². The number of nitrogens with zero attached hydrogens (tertiary/aromatic N) is 1. The van der Waals surface area contributed by atoms with E-state index in [-0.39, 0.29) is 11.3 Å². The van der Waals surface area contributed by atoms with Crippen molar-refractivity contribution in [2.75, 3.05) is 7.11 Å². The first-order valence-corrected chi connectivity index (χ1v) is 5.20. The van der Waals surface area contributed by atoms with E-state index in [1.54, 1.807) is 31.4 Å². The summed E-state index contributed by atoms with van der Waals surface area (Å²) >= 11 is 0. The van der Waals surface area contributed by atoms with Crippen LogP contribution in [0, 0.1) is 0 Å². The van der Waals surface area contributed by atoms with Crippen LogP contribution in [-0.2, 0) is 0 Å². The first kappa shape index (κ1) is 11.9. The SMILES string of the molecule is COc1cccc(Oc2cnccc2C(=O)O)c1. The summed E-state index contributed by atoms with van der Waals surface area (Å²) in [6.07, 6.45) is 2.77. The van der Waals surface area contributed by atoms with E-state index in [2.05, 4.69) is 4.98 Å². The molecule has 0 bridgehead atoms. The minimum absolute atomic E-state index is 0.0628. The molecule has 1 heterocycles. The third-order valence-electron chi connectivity index (χ3n) is 2.28. The normalized spacial score (nSPS) is 9.83. The molecule has 0 aliphatic carbocycles. The summed E-state index contributed by atoms with van der Waals surface area (Å²) in [6, 6.07) is 8.29. The number of carboxylic acid groups (broad SMARTS) is 1. The lowest BCUT2D eigenvalue weighted by atomic mass is 10.2. The Balaban J connectivity index is 2.31. The Bertz CT molecular complexity index is 568. The molecule has 0 saturated carbocycles. The number of aromatic nitrogens is 1. The van der Waals surface area contributed by atoms with E-state index in [1.165, 1.54) is 18.5 Å². The Morgan fingerprint density at radius 3 is 2.78 bits per heavy atom. The summed E-state index contributed by atoms with van der Waals surface area (Å²) in [5.41, 5.74) is 0.0628. The van der Waals surface area contributed by atoms with Crippen LogP contribution in [0.4, 0.5) is 0 Å². The summed E-state index contributed by atoms with van der Waals surface area (Å²) in [7, 11) is 1.55. The highest BCUT2D eigenvalue weighted by Gasteiger charge is 2.11. The number of benzene rings is 1. The van der Waals surface area contributed by atoms with Crippen LogP contribution in [-0.4, -0.2) is 23.2 Å². The quantitative estimate of drug-likeness (QED) is 0.896. The maximum Gasteiger partial charge on any atom is 0.339 e. The van der Waals surface area contributed by atoms with Crippen molar-refractivity contribution in [3.8, 4) is 17.2 Å². The van der Waals surface area contributed by atoms with Gasteiger partial charge in [0.05, 0.1) is 13.3 Å². The minimum Gasteiger partial charge on any atom is -0.497 e. The first-order chi connectivity index (χ1) is 8.70. The van der Waals surface area contributed by atoms with Crippen LogP contribution in [0.2, 0.25) is 0 Å². The summed E-state index contributed by atoms with van der Waals surface area (Å²) in [6.45, 7) is 0. The van der Waals surface area contributed by atoms with Crippen molar-refractivity contribution < 1.29 is 19.4 Å². The molecule has 0 unspecified atom stereocenters. The molecule has 0 amide bonds. The summed E-state index contributed by atoms with van der Waals surface area (Å²) < 4.78 is 10.5. The highest BCUT2D eigenvalue weighted by Crippen LogP contribution is 2.27. The van der Waals surface area contributed by atoms with E-state index < -0.39 is 5.97 Å². The van der Waals surface area contributed by atoms with Crippen molar-refractivity contribution in [2.24, 2.45) is 0 Å². The van der Waals surface area contributed by atoms with Gasteiger partial charge in [-0.3, -0.25) is 4.98 Å². The van der Waals surface area contributed by atoms with Crippen LogP contribution in [0.1, 0.15) is 10.4 Å². The Morgan fingerprint density at radius 1 is 1.28 bits per heavy atom. The van der Waals surface area contributed by atoms with E-state index >= 15 is 0 Å². The average Bonchev–Trinajstić information content (AvgIpc) is 2.39. The van der Waals surface area contributed by atoms with E-state index in [0.717, 1.165) is 0 Å². The average molecular weight is 245 g/mol.